The molecule has 1 fully saturated rings. The van der Waals surface area contributed by atoms with Gasteiger partial charge in [0.05, 0.1) is 0 Å². The van der Waals surface area contributed by atoms with Crippen molar-refractivity contribution in [3.05, 3.63) is 11.9 Å². The lowest BCUT2D eigenvalue weighted by Crippen LogP contribution is -2.47. The molecule has 0 radical (unpaired) electrons. The number of imidazole rings is 1. The second kappa shape index (κ2) is 6.58. The number of aromatic amines is 1. The summed E-state index contributed by atoms with van der Waals surface area (Å²) in [6, 6.07) is 0.0775. The third kappa shape index (κ3) is 4.64. The van der Waals surface area contributed by atoms with Gasteiger partial charge in [0.15, 0.2) is 0 Å². The Morgan fingerprint density at radius 3 is 2.86 bits per heavy atom. The van der Waals surface area contributed by atoms with E-state index in [1.165, 1.54) is 0 Å². The van der Waals surface area contributed by atoms with E-state index in [0.717, 1.165) is 37.6 Å². The van der Waals surface area contributed by atoms with Crippen LogP contribution in [-0.2, 0) is 4.74 Å². The summed E-state index contributed by atoms with van der Waals surface area (Å²) in [5.41, 5.74) is 0.603. The number of nitrogens with one attached hydrogen (secondary N) is 2. The largest absolute Gasteiger partial charge is 0.444 e. The number of rotatable bonds is 3. The van der Waals surface area contributed by atoms with E-state index in [0.29, 0.717) is 5.92 Å². The van der Waals surface area contributed by atoms with Gasteiger partial charge in [0, 0.05) is 31.0 Å². The van der Waals surface area contributed by atoms with Gasteiger partial charge < -0.3 is 19.9 Å². The summed E-state index contributed by atoms with van der Waals surface area (Å²) >= 11 is 0. The standard InChI is InChI=1S/C16H28N4O2/c1-11-9-17-14(18-11)20-8-6-7-13(10-20)12(2)19-15(21)22-16(3,4)5/h9,12-13H,6-8,10H2,1-5H3,(H,17,18)(H,19,21). The van der Waals surface area contributed by atoms with Crippen molar-refractivity contribution in [2.24, 2.45) is 5.92 Å². The van der Waals surface area contributed by atoms with Crippen molar-refractivity contribution in [2.45, 2.75) is 59.1 Å². The summed E-state index contributed by atoms with van der Waals surface area (Å²) in [7, 11) is 0. The van der Waals surface area contributed by atoms with Crippen molar-refractivity contribution >= 4 is 12.0 Å². The molecule has 22 heavy (non-hydrogen) atoms. The van der Waals surface area contributed by atoms with Gasteiger partial charge in [-0.25, -0.2) is 9.78 Å². The molecular weight excluding hydrogens is 280 g/mol. The average Bonchev–Trinajstić information content (AvgIpc) is 2.83. The van der Waals surface area contributed by atoms with E-state index in [1.807, 2.05) is 40.8 Å². The molecular formula is C16H28N4O2. The van der Waals surface area contributed by atoms with Gasteiger partial charge in [-0.1, -0.05) is 0 Å². The Morgan fingerprint density at radius 1 is 1.55 bits per heavy atom. The molecule has 0 aliphatic carbocycles. The topological polar surface area (TPSA) is 70.2 Å². The molecule has 2 N–H and O–H groups in total. The van der Waals surface area contributed by atoms with Crippen molar-refractivity contribution in [3.8, 4) is 0 Å². The molecule has 2 atom stereocenters. The van der Waals surface area contributed by atoms with Gasteiger partial charge in [-0.15, -0.1) is 0 Å². The Morgan fingerprint density at radius 2 is 2.27 bits per heavy atom. The fraction of sp³-hybridized carbons (Fsp3) is 0.750. The van der Waals surface area contributed by atoms with E-state index in [-0.39, 0.29) is 12.1 Å². The van der Waals surface area contributed by atoms with Gasteiger partial charge in [0.2, 0.25) is 5.95 Å². The normalized spacial score (nSPS) is 20.6. The molecule has 0 aromatic carbocycles. The Balaban J connectivity index is 1.90. The number of hydrogen-bond acceptors (Lipinski definition) is 4. The van der Waals surface area contributed by atoms with Crippen LogP contribution < -0.4 is 10.2 Å². The van der Waals surface area contributed by atoms with Gasteiger partial charge in [0.1, 0.15) is 5.60 Å². The molecule has 2 heterocycles. The Labute approximate surface area is 132 Å². The summed E-state index contributed by atoms with van der Waals surface area (Å²) in [4.78, 5) is 21.8. The summed E-state index contributed by atoms with van der Waals surface area (Å²) in [6.45, 7) is 11.6. The second-order valence-electron chi connectivity index (χ2n) is 7.17. The van der Waals surface area contributed by atoms with E-state index in [9.17, 15) is 4.79 Å². The molecule has 1 aliphatic heterocycles. The summed E-state index contributed by atoms with van der Waals surface area (Å²) < 4.78 is 5.33. The number of anilines is 1. The number of carbonyl (C=O) groups excluding carboxylic acids is 1. The number of carbonyl (C=O) groups is 1. The van der Waals surface area contributed by atoms with Crippen LogP contribution in [0.4, 0.5) is 10.7 Å². The minimum absolute atomic E-state index is 0.0775. The molecule has 0 saturated carbocycles. The molecule has 1 aromatic heterocycles. The van der Waals surface area contributed by atoms with Crippen molar-refractivity contribution in [1.29, 1.82) is 0 Å². The van der Waals surface area contributed by atoms with Gasteiger partial charge in [-0.3, -0.25) is 0 Å². The molecule has 6 nitrogen and oxygen atoms in total. The first-order valence-corrected chi connectivity index (χ1v) is 8.00. The van der Waals surface area contributed by atoms with Crippen LogP contribution in [0.1, 0.15) is 46.2 Å². The van der Waals surface area contributed by atoms with E-state index in [1.54, 1.807) is 0 Å². The fourth-order valence-electron chi connectivity index (χ4n) is 2.78. The van der Waals surface area contributed by atoms with Crippen LogP contribution in [0, 0.1) is 12.8 Å². The van der Waals surface area contributed by atoms with Crippen LogP contribution in [0.2, 0.25) is 0 Å². The van der Waals surface area contributed by atoms with Crippen molar-refractivity contribution in [2.75, 3.05) is 18.0 Å². The maximum atomic E-state index is 11.9. The second-order valence-corrected chi connectivity index (χ2v) is 7.17. The number of nitrogens with zero attached hydrogens (tertiary/aromatic N) is 2. The molecule has 0 bridgehead atoms. The minimum Gasteiger partial charge on any atom is -0.444 e. The van der Waals surface area contributed by atoms with Gasteiger partial charge in [-0.2, -0.15) is 0 Å². The molecule has 1 aromatic rings. The lowest BCUT2D eigenvalue weighted by atomic mass is 9.92. The summed E-state index contributed by atoms with van der Waals surface area (Å²) in [5, 5.41) is 2.96. The van der Waals surface area contributed by atoms with E-state index in [2.05, 4.69) is 20.2 Å². The molecule has 1 amide bonds. The average molecular weight is 308 g/mol. The van der Waals surface area contributed by atoms with Crippen LogP contribution in [0.25, 0.3) is 0 Å². The van der Waals surface area contributed by atoms with Crippen molar-refractivity contribution in [1.82, 2.24) is 15.3 Å². The quantitative estimate of drug-likeness (QED) is 0.901. The zero-order valence-electron chi connectivity index (χ0n) is 14.3. The van der Waals surface area contributed by atoms with Crippen LogP contribution >= 0.6 is 0 Å². The van der Waals surface area contributed by atoms with Gasteiger partial charge in [-0.05, 0) is 53.4 Å². The molecule has 2 unspecified atom stereocenters. The van der Waals surface area contributed by atoms with Crippen molar-refractivity contribution in [3.63, 3.8) is 0 Å². The lowest BCUT2D eigenvalue weighted by molar-refractivity contribution is 0.0489. The predicted octanol–water partition coefficient (Wildman–Crippen LogP) is 2.85. The van der Waals surface area contributed by atoms with Crippen LogP contribution in [0.5, 0.6) is 0 Å². The first kappa shape index (κ1) is 16.6. The number of piperidine rings is 1. The summed E-state index contributed by atoms with van der Waals surface area (Å²) in [5.74, 6) is 1.32. The molecule has 1 aliphatic rings. The smallest absolute Gasteiger partial charge is 0.407 e. The fourth-order valence-corrected chi connectivity index (χ4v) is 2.78. The minimum atomic E-state index is -0.464. The SMILES string of the molecule is Cc1cnc(N2CCCC(C(C)NC(=O)OC(C)(C)C)C2)[nH]1. The highest BCUT2D eigenvalue weighted by atomic mass is 16.6. The Bertz CT molecular complexity index is 506. The molecule has 1 saturated heterocycles. The Hall–Kier alpha value is -1.72. The van der Waals surface area contributed by atoms with E-state index < -0.39 is 5.60 Å². The zero-order valence-corrected chi connectivity index (χ0v) is 14.3. The van der Waals surface area contributed by atoms with Crippen LogP contribution in [0.15, 0.2) is 6.20 Å². The molecule has 2 rings (SSSR count). The van der Waals surface area contributed by atoms with Crippen LogP contribution in [-0.4, -0.2) is 40.8 Å². The van der Waals surface area contributed by atoms with Crippen molar-refractivity contribution < 1.29 is 9.53 Å². The van der Waals surface area contributed by atoms with Gasteiger partial charge in [0.25, 0.3) is 0 Å². The number of aryl methyl sites for hydroxylation is 1. The Kier molecular flexibility index (Phi) is 4.98. The number of hydrogen-bond donors (Lipinski definition) is 2. The number of H-pyrrole nitrogens is 1. The number of ether oxygens (including phenoxy) is 1. The highest BCUT2D eigenvalue weighted by molar-refractivity contribution is 5.68. The van der Waals surface area contributed by atoms with E-state index >= 15 is 0 Å². The van der Waals surface area contributed by atoms with Crippen LogP contribution in [0.3, 0.4) is 0 Å². The maximum absolute atomic E-state index is 11.9. The molecule has 0 spiro atoms. The zero-order chi connectivity index (χ0) is 16.3. The van der Waals surface area contributed by atoms with Gasteiger partial charge >= 0.3 is 6.09 Å². The monoisotopic (exact) mass is 308 g/mol. The summed E-state index contributed by atoms with van der Waals surface area (Å²) in [6.07, 6.45) is 3.71. The van der Waals surface area contributed by atoms with E-state index in [4.69, 9.17) is 4.74 Å². The first-order valence-electron chi connectivity index (χ1n) is 8.00. The predicted molar refractivity (Wildman–Crippen MR) is 87.1 cm³/mol. The highest BCUT2D eigenvalue weighted by Gasteiger charge is 2.28. The molecule has 124 valence electrons. The third-order valence-electron chi connectivity index (χ3n) is 3.90. The lowest BCUT2D eigenvalue weighted by Gasteiger charge is -2.36. The number of alkyl carbamates (subject to hydrolysis) is 1. The molecule has 6 heteroatoms. The maximum Gasteiger partial charge on any atom is 0.407 e. The third-order valence-corrected chi connectivity index (χ3v) is 3.90. The highest BCUT2D eigenvalue weighted by Crippen LogP contribution is 2.23. The first-order chi connectivity index (χ1) is 10.2. The number of amides is 1. The number of aromatic nitrogens is 2.